The molecule has 0 spiro atoms. The fraction of sp³-hybridized carbons (Fsp3) is 0.467. The minimum Gasteiger partial charge on any atom is -0.493 e. The summed E-state index contributed by atoms with van der Waals surface area (Å²) >= 11 is 1.27. The molecule has 1 aromatic heterocycles. The summed E-state index contributed by atoms with van der Waals surface area (Å²) in [6.45, 7) is 0.0197. The fourth-order valence-corrected chi connectivity index (χ4v) is 3.28. The predicted molar refractivity (Wildman–Crippen MR) is 79.1 cm³/mol. The molecule has 8 heteroatoms. The molecule has 0 bridgehead atoms. The number of aromatic nitrogens is 2. The third-order valence-corrected chi connectivity index (χ3v) is 4.59. The van der Waals surface area contributed by atoms with Crippen LogP contribution < -0.4 is 0 Å². The lowest BCUT2D eigenvalue weighted by atomic mass is 9.83. The molecule has 0 saturated heterocycles. The lowest BCUT2D eigenvalue weighted by molar-refractivity contribution is -0.111. The van der Waals surface area contributed by atoms with Gasteiger partial charge in [0.25, 0.3) is 0 Å². The molecule has 0 saturated carbocycles. The van der Waals surface area contributed by atoms with E-state index in [1.165, 1.54) is 17.8 Å². The highest BCUT2D eigenvalue weighted by Crippen LogP contribution is 2.40. The SMILES string of the molecule is CSc1nc(O)c2c(n1)CC(C1CC=CC=C1C(F)(F)F)OC2. The van der Waals surface area contributed by atoms with Crippen molar-refractivity contribution in [3.8, 4) is 5.88 Å². The first-order chi connectivity index (χ1) is 10.9. The summed E-state index contributed by atoms with van der Waals surface area (Å²) in [6.07, 6.45) is 1.52. The van der Waals surface area contributed by atoms with Crippen LogP contribution in [-0.4, -0.2) is 33.6 Å². The second kappa shape index (κ2) is 6.16. The number of ether oxygens (including phenoxy) is 1. The zero-order valence-corrected chi connectivity index (χ0v) is 13.1. The van der Waals surface area contributed by atoms with Gasteiger partial charge in [0, 0.05) is 17.9 Å². The van der Waals surface area contributed by atoms with Crippen LogP contribution in [0.15, 0.2) is 29.0 Å². The Balaban J connectivity index is 1.88. The minimum absolute atomic E-state index is 0.0197. The first kappa shape index (κ1) is 16.3. The van der Waals surface area contributed by atoms with Gasteiger partial charge in [-0.05, 0) is 12.7 Å². The summed E-state index contributed by atoms with van der Waals surface area (Å²) in [5.41, 5.74) is 0.453. The number of rotatable bonds is 2. The fourth-order valence-electron chi connectivity index (χ4n) is 2.91. The zero-order valence-electron chi connectivity index (χ0n) is 12.3. The standard InChI is InChI=1S/C15H15F3N2O2S/c1-23-14-19-11-6-12(22-7-9(11)13(21)20-14)8-4-2-3-5-10(8)15(16,17)18/h2-3,5,8,12H,4,6-7H2,1H3,(H,19,20,21). The van der Waals surface area contributed by atoms with E-state index >= 15 is 0 Å². The molecule has 3 rings (SSSR count). The van der Waals surface area contributed by atoms with Crippen molar-refractivity contribution >= 4 is 11.8 Å². The molecule has 23 heavy (non-hydrogen) atoms. The van der Waals surface area contributed by atoms with Crippen LogP contribution >= 0.6 is 11.8 Å². The molecule has 1 aromatic rings. The second-order valence-corrected chi connectivity index (χ2v) is 6.18. The molecule has 0 aromatic carbocycles. The van der Waals surface area contributed by atoms with E-state index in [-0.39, 0.29) is 25.3 Å². The van der Waals surface area contributed by atoms with E-state index in [2.05, 4.69) is 9.97 Å². The molecule has 1 aliphatic carbocycles. The molecule has 2 atom stereocenters. The van der Waals surface area contributed by atoms with Crippen molar-refractivity contribution in [1.29, 1.82) is 0 Å². The van der Waals surface area contributed by atoms with Gasteiger partial charge in [0.1, 0.15) is 0 Å². The van der Waals surface area contributed by atoms with Crippen molar-refractivity contribution in [2.24, 2.45) is 5.92 Å². The van der Waals surface area contributed by atoms with E-state index in [0.717, 1.165) is 6.08 Å². The Morgan fingerprint density at radius 2 is 2.13 bits per heavy atom. The lowest BCUT2D eigenvalue weighted by Crippen LogP contribution is -2.36. The molecule has 2 unspecified atom stereocenters. The van der Waals surface area contributed by atoms with Gasteiger partial charge in [-0.15, -0.1) is 0 Å². The average Bonchev–Trinajstić information content (AvgIpc) is 2.53. The van der Waals surface area contributed by atoms with E-state index in [1.54, 1.807) is 12.3 Å². The van der Waals surface area contributed by atoms with Gasteiger partial charge < -0.3 is 9.84 Å². The largest absolute Gasteiger partial charge is 0.493 e. The smallest absolute Gasteiger partial charge is 0.413 e. The van der Waals surface area contributed by atoms with Crippen LogP contribution in [0.5, 0.6) is 5.88 Å². The lowest BCUT2D eigenvalue weighted by Gasteiger charge is -2.34. The quantitative estimate of drug-likeness (QED) is 0.658. The van der Waals surface area contributed by atoms with Crippen LogP contribution in [-0.2, 0) is 17.8 Å². The molecule has 0 fully saturated rings. The Morgan fingerprint density at radius 3 is 2.83 bits per heavy atom. The summed E-state index contributed by atoms with van der Waals surface area (Å²) in [4.78, 5) is 8.24. The second-order valence-electron chi connectivity index (χ2n) is 5.40. The molecule has 4 nitrogen and oxygen atoms in total. The summed E-state index contributed by atoms with van der Waals surface area (Å²) < 4.78 is 45.2. The third-order valence-electron chi connectivity index (χ3n) is 4.05. The highest BCUT2D eigenvalue weighted by molar-refractivity contribution is 7.98. The summed E-state index contributed by atoms with van der Waals surface area (Å²) in [7, 11) is 0. The number of allylic oxidation sites excluding steroid dienone is 3. The number of alkyl halides is 3. The summed E-state index contributed by atoms with van der Waals surface area (Å²) in [5.74, 6) is -0.920. The molecule has 124 valence electrons. The van der Waals surface area contributed by atoms with E-state index in [0.29, 0.717) is 16.4 Å². The maximum absolute atomic E-state index is 13.2. The van der Waals surface area contributed by atoms with Crippen molar-refractivity contribution in [3.05, 3.63) is 35.1 Å². The van der Waals surface area contributed by atoms with Gasteiger partial charge in [0.05, 0.1) is 24.0 Å². The normalized spacial score (nSPS) is 24.3. The number of fused-ring (bicyclic) bond motifs is 1. The Kier molecular flexibility index (Phi) is 4.37. The van der Waals surface area contributed by atoms with Crippen molar-refractivity contribution < 1.29 is 23.0 Å². The Hall–Kier alpha value is -1.54. The molecule has 0 amide bonds. The highest BCUT2D eigenvalue weighted by Gasteiger charge is 2.43. The monoisotopic (exact) mass is 344 g/mol. The summed E-state index contributed by atoms with van der Waals surface area (Å²) in [6, 6.07) is 0. The third kappa shape index (κ3) is 3.23. The molecular weight excluding hydrogens is 329 g/mol. The highest BCUT2D eigenvalue weighted by atomic mass is 32.2. The van der Waals surface area contributed by atoms with Gasteiger partial charge >= 0.3 is 6.18 Å². The van der Waals surface area contributed by atoms with Crippen LogP contribution in [0.3, 0.4) is 0 Å². The topological polar surface area (TPSA) is 55.2 Å². The number of aromatic hydroxyl groups is 1. The number of halogens is 3. The van der Waals surface area contributed by atoms with Crippen molar-refractivity contribution in [1.82, 2.24) is 9.97 Å². The Morgan fingerprint density at radius 1 is 1.35 bits per heavy atom. The van der Waals surface area contributed by atoms with Gasteiger partial charge in [-0.2, -0.15) is 18.2 Å². The van der Waals surface area contributed by atoms with Crippen LogP contribution in [0.2, 0.25) is 0 Å². The van der Waals surface area contributed by atoms with Crippen LogP contribution in [0, 0.1) is 5.92 Å². The zero-order chi connectivity index (χ0) is 16.6. The van der Waals surface area contributed by atoms with Crippen LogP contribution in [0.4, 0.5) is 13.2 Å². The Bertz CT molecular complexity index is 673. The van der Waals surface area contributed by atoms with E-state index in [4.69, 9.17) is 4.74 Å². The first-order valence-electron chi connectivity index (χ1n) is 7.08. The molecule has 0 radical (unpaired) electrons. The van der Waals surface area contributed by atoms with Gasteiger partial charge in [0.15, 0.2) is 5.16 Å². The Labute approximate surface area is 135 Å². The van der Waals surface area contributed by atoms with Gasteiger partial charge in [-0.1, -0.05) is 30.0 Å². The van der Waals surface area contributed by atoms with E-state index < -0.39 is 23.8 Å². The molecule has 1 N–H and O–H groups in total. The van der Waals surface area contributed by atoms with Crippen molar-refractivity contribution in [2.45, 2.75) is 36.9 Å². The van der Waals surface area contributed by atoms with Crippen molar-refractivity contribution in [3.63, 3.8) is 0 Å². The van der Waals surface area contributed by atoms with E-state index in [1.807, 2.05) is 0 Å². The van der Waals surface area contributed by atoms with E-state index in [9.17, 15) is 18.3 Å². The first-order valence-corrected chi connectivity index (χ1v) is 8.31. The van der Waals surface area contributed by atoms with Gasteiger partial charge in [-0.3, -0.25) is 0 Å². The number of nitrogens with zero attached hydrogens (tertiary/aromatic N) is 2. The van der Waals surface area contributed by atoms with Gasteiger partial charge in [0.2, 0.25) is 5.88 Å². The molecule has 1 aliphatic heterocycles. The van der Waals surface area contributed by atoms with Crippen LogP contribution in [0.1, 0.15) is 17.7 Å². The molecule has 2 aliphatic rings. The minimum atomic E-state index is -4.38. The number of hydrogen-bond donors (Lipinski definition) is 1. The summed E-state index contributed by atoms with van der Waals surface area (Å²) in [5, 5.41) is 10.3. The molecule has 2 heterocycles. The average molecular weight is 344 g/mol. The predicted octanol–water partition coefficient (Wildman–Crippen LogP) is 3.41. The maximum Gasteiger partial charge on any atom is 0.413 e. The van der Waals surface area contributed by atoms with Crippen molar-refractivity contribution in [2.75, 3.05) is 6.26 Å². The number of hydrogen-bond acceptors (Lipinski definition) is 5. The number of thioether (sulfide) groups is 1. The maximum atomic E-state index is 13.2. The van der Waals surface area contributed by atoms with Crippen LogP contribution in [0.25, 0.3) is 0 Å². The van der Waals surface area contributed by atoms with Gasteiger partial charge in [-0.25, -0.2) is 4.98 Å². The molecular formula is C15H15F3N2O2S.